The molecule has 0 saturated heterocycles. The van der Waals surface area contributed by atoms with Gasteiger partial charge in [0, 0.05) is 41.8 Å². The van der Waals surface area contributed by atoms with Crippen LogP contribution >= 0.6 is 22.7 Å². The molecule has 0 fully saturated rings. The molecule has 6 aromatic rings. The molecule has 12 heteroatoms. The van der Waals surface area contributed by atoms with Gasteiger partial charge in [-0.3, -0.25) is 0 Å². The van der Waals surface area contributed by atoms with E-state index < -0.39 is 40.0 Å². The van der Waals surface area contributed by atoms with Crippen molar-refractivity contribution in [3.8, 4) is 64.8 Å². The van der Waals surface area contributed by atoms with E-state index in [1.165, 1.54) is 12.1 Å². The largest absolute Gasteiger partial charge is 0.494 e. The second-order valence-corrected chi connectivity index (χ2v) is 21.5. The second kappa shape index (κ2) is 21.8. The first-order chi connectivity index (χ1) is 32.8. The van der Waals surface area contributed by atoms with Gasteiger partial charge in [0.15, 0.2) is 0 Å². The highest BCUT2D eigenvalue weighted by Gasteiger charge is 2.80. The average molecular weight is 989 g/mol. The zero-order valence-corrected chi connectivity index (χ0v) is 42.2. The summed E-state index contributed by atoms with van der Waals surface area (Å²) in [7, 11) is 0. The van der Waals surface area contributed by atoms with Gasteiger partial charge in [0.25, 0.3) is 0 Å². The Kier molecular flexibility index (Phi) is 16.3. The van der Waals surface area contributed by atoms with Crippen LogP contribution in [0.15, 0.2) is 109 Å². The van der Waals surface area contributed by atoms with Gasteiger partial charge >= 0.3 is 17.8 Å². The summed E-state index contributed by atoms with van der Waals surface area (Å²) in [6.07, 6.45) is 3.29. The smallest absolute Gasteiger partial charge is 0.380 e. The minimum atomic E-state index is -5.80. The van der Waals surface area contributed by atoms with E-state index in [0.29, 0.717) is 105 Å². The molecule has 0 unspecified atom stereocenters. The van der Waals surface area contributed by atoms with Crippen LogP contribution in [0.3, 0.4) is 0 Å². The van der Waals surface area contributed by atoms with Crippen LogP contribution < -0.4 is 18.9 Å². The van der Waals surface area contributed by atoms with Crippen molar-refractivity contribution in [2.24, 2.45) is 23.7 Å². The molecule has 0 saturated carbocycles. The molecule has 0 spiro atoms. The Morgan fingerprint density at radius 1 is 0.377 bits per heavy atom. The van der Waals surface area contributed by atoms with Gasteiger partial charge in [-0.15, -0.1) is 22.7 Å². The number of thiophene rings is 2. The van der Waals surface area contributed by atoms with E-state index in [9.17, 15) is 0 Å². The number of ether oxygens (including phenoxy) is 4. The fourth-order valence-electron chi connectivity index (χ4n) is 7.79. The molecule has 69 heavy (non-hydrogen) atoms. The minimum Gasteiger partial charge on any atom is -0.494 e. The van der Waals surface area contributed by atoms with Gasteiger partial charge in [-0.2, -0.15) is 26.3 Å². The summed E-state index contributed by atoms with van der Waals surface area (Å²) in [6.45, 7) is 18.6. The Morgan fingerprint density at radius 3 is 0.870 bits per heavy atom. The maximum atomic E-state index is 17.0. The Bertz CT molecular complexity index is 2460. The van der Waals surface area contributed by atoms with E-state index in [1.807, 2.05) is 0 Å². The summed E-state index contributed by atoms with van der Waals surface area (Å²) in [6, 6.07) is 30.0. The molecule has 0 N–H and O–H groups in total. The van der Waals surface area contributed by atoms with Crippen LogP contribution in [-0.2, 0) is 0 Å². The van der Waals surface area contributed by atoms with Crippen LogP contribution in [0.5, 0.6) is 23.0 Å². The lowest BCUT2D eigenvalue weighted by molar-refractivity contribution is -0.254. The molecule has 0 bridgehead atoms. The molecular weight excluding hydrogens is 927 g/mol. The zero-order chi connectivity index (χ0) is 49.7. The molecule has 0 atom stereocenters. The molecule has 1 aliphatic rings. The number of hydrogen-bond acceptors (Lipinski definition) is 6. The van der Waals surface area contributed by atoms with Crippen molar-refractivity contribution in [1.29, 1.82) is 0 Å². The van der Waals surface area contributed by atoms with Gasteiger partial charge in [0.1, 0.15) is 23.0 Å². The fraction of sp³-hybridized carbons (Fsp3) is 0.404. The van der Waals surface area contributed by atoms with Crippen LogP contribution in [-0.4, -0.2) is 44.2 Å². The maximum Gasteiger partial charge on any atom is 0.380 e. The molecule has 0 aliphatic heterocycles. The van der Waals surface area contributed by atoms with E-state index in [0.717, 1.165) is 48.4 Å². The van der Waals surface area contributed by atoms with E-state index in [-0.39, 0.29) is 9.75 Å². The van der Waals surface area contributed by atoms with Crippen LogP contribution in [0.4, 0.5) is 26.3 Å². The highest BCUT2D eigenvalue weighted by atomic mass is 32.1. The van der Waals surface area contributed by atoms with Gasteiger partial charge in [0.2, 0.25) is 0 Å². The summed E-state index contributed by atoms with van der Waals surface area (Å²) >= 11 is 2.13. The van der Waals surface area contributed by atoms with Crippen LogP contribution in [0.1, 0.15) is 92.2 Å². The molecule has 4 nitrogen and oxygen atoms in total. The Morgan fingerprint density at radius 2 is 0.623 bits per heavy atom. The number of allylic oxidation sites excluding steroid dienone is 2. The number of benzene rings is 4. The van der Waals surface area contributed by atoms with Crippen molar-refractivity contribution in [3.05, 3.63) is 120 Å². The lowest BCUT2D eigenvalue weighted by Crippen LogP contribution is -2.48. The second-order valence-electron chi connectivity index (χ2n) is 19.4. The maximum absolute atomic E-state index is 17.0. The van der Waals surface area contributed by atoms with Gasteiger partial charge in [0.05, 0.1) is 26.4 Å². The van der Waals surface area contributed by atoms with Crippen LogP contribution in [0.2, 0.25) is 0 Å². The van der Waals surface area contributed by atoms with Crippen molar-refractivity contribution in [2.45, 2.75) is 98.8 Å². The monoisotopic (exact) mass is 988 g/mol. The Hall–Kier alpha value is -5.20. The highest BCUT2D eigenvalue weighted by Crippen LogP contribution is 2.67. The highest BCUT2D eigenvalue weighted by molar-refractivity contribution is 7.19. The van der Waals surface area contributed by atoms with Gasteiger partial charge in [-0.25, -0.2) is 0 Å². The molecule has 2 heterocycles. The predicted molar refractivity (Wildman–Crippen MR) is 272 cm³/mol. The van der Waals surface area contributed by atoms with E-state index >= 15 is 26.3 Å². The Balaban J connectivity index is 1.42. The molecule has 7 rings (SSSR count). The van der Waals surface area contributed by atoms with Crippen molar-refractivity contribution in [1.82, 2.24) is 0 Å². The number of rotatable bonds is 22. The number of hydrogen-bond donors (Lipinski definition) is 0. The van der Waals surface area contributed by atoms with E-state index in [4.69, 9.17) is 18.9 Å². The normalized spacial score (nSPS) is 15.2. The molecule has 1 aliphatic carbocycles. The van der Waals surface area contributed by atoms with Crippen LogP contribution in [0, 0.1) is 23.7 Å². The first-order valence-corrected chi connectivity index (χ1v) is 25.5. The first-order valence-electron chi connectivity index (χ1n) is 23.9. The third kappa shape index (κ3) is 11.7. The van der Waals surface area contributed by atoms with Crippen molar-refractivity contribution in [2.75, 3.05) is 26.4 Å². The first kappa shape index (κ1) is 51.6. The topological polar surface area (TPSA) is 36.9 Å². The summed E-state index contributed by atoms with van der Waals surface area (Å²) in [5, 5.41) is 0. The number of halogens is 6. The summed E-state index contributed by atoms with van der Waals surface area (Å²) in [4.78, 5) is 1.10. The lowest BCUT2D eigenvalue weighted by atomic mass is 9.92. The van der Waals surface area contributed by atoms with E-state index in [1.54, 1.807) is 97.1 Å². The predicted octanol–water partition coefficient (Wildman–Crippen LogP) is 18.0. The lowest BCUT2D eigenvalue weighted by Gasteiger charge is -2.26. The molecule has 4 aromatic carbocycles. The molecular formula is C57H62F6O4S2. The standard InChI is InChI=1S/C57H62F6O4S2/c1-35(2)25-29-64-43-17-9-39(10-18-43)49-33-47(53(68-49)41-13-21-45(22-14-41)66-31-27-37(5)6)51-52(56(60,61)57(62,63)55(51,58)59)48-34-50(40-11-19-44(20-12-40)65-30-26-36(3)4)69-54(48)42-15-23-46(24-16-42)67-32-28-38(7)8/h9-24,33-38H,25-32H2,1-8H3. The fourth-order valence-corrected chi connectivity index (χ4v) is 10.1. The number of alkyl halides is 6. The third-order valence-electron chi connectivity index (χ3n) is 12.0. The van der Waals surface area contributed by atoms with Gasteiger partial charge < -0.3 is 18.9 Å². The molecule has 2 aromatic heterocycles. The zero-order valence-electron chi connectivity index (χ0n) is 40.6. The third-order valence-corrected chi connectivity index (χ3v) is 14.5. The summed E-state index contributed by atoms with van der Waals surface area (Å²) in [5.41, 5.74) is -1.76. The molecule has 0 amide bonds. The molecule has 368 valence electrons. The van der Waals surface area contributed by atoms with Crippen molar-refractivity contribution < 1.29 is 45.3 Å². The van der Waals surface area contributed by atoms with Gasteiger partial charge in [-0.1, -0.05) is 55.4 Å². The summed E-state index contributed by atoms with van der Waals surface area (Å²) in [5.74, 6) is -12.5. The Labute approximate surface area is 411 Å². The van der Waals surface area contributed by atoms with E-state index in [2.05, 4.69) is 55.4 Å². The average Bonchev–Trinajstić information content (AvgIpc) is 3.96. The summed E-state index contributed by atoms with van der Waals surface area (Å²) < 4.78 is 125. The van der Waals surface area contributed by atoms with Crippen molar-refractivity contribution >= 4 is 33.8 Å². The molecule has 0 radical (unpaired) electrons. The quantitative estimate of drug-likeness (QED) is 0.0635. The SMILES string of the molecule is CC(C)CCOc1ccc(-c2cc(C3=C(c4cc(-c5ccc(OCCC(C)C)cc5)sc4-c4ccc(OCCC(C)C)cc4)C(F)(F)C(F)(F)C3(F)F)c(-c3ccc(OCCC(C)C)cc3)s2)cc1. The minimum absolute atomic E-state index is 0.129. The van der Waals surface area contributed by atoms with Crippen LogP contribution in [0.25, 0.3) is 52.9 Å². The van der Waals surface area contributed by atoms with Crippen molar-refractivity contribution in [3.63, 3.8) is 0 Å². The van der Waals surface area contributed by atoms with Gasteiger partial charge in [-0.05, 0) is 181 Å².